The van der Waals surface area contributed by atoms with Crippen molar-refractivity contribution in [3.8, 4) is 0 Å². The van der Waals surface area contributed by atoms with Crippen LogP contribution < -0.4 is 0 Å². The summed E-state index contributed by atoms with van der Waals surface area (Å²) in [5.74, 6) is 0.733. The molecule has 0 aliphatic heterocycles. The molecule has 1 unspecified atom stereocenters. The van der Waals surface area contributed by atoms with Crippen molar-refractivity contribution in [1.29, 1.82) is 0 Å². The van der Waals surface area contributed by atoms with Crippen LogP contribution in [0, 0.1) is 0 Å². The molecule has 0 aliphatic rings. The Bertz CT molecular complexity index is 273. The van der Waals surface area contributed by atoms with Gasteiger partial charge in [0.05, 0.1) is 0 Å². The Hall–Kier alpha value is -0.555. The van der Waals surface area contributed by atoms with Gasteiger partial charge >= 0.3 is 7.40 Å². The average Bonchev–Trinajstić information content (AvgIpc) is 2.25. The van der Waals surface area contributed by atoms with Gasteiger partial charge in [-0.15, -0.1) is 0 Å². The van der Waals surface area contributed by atoms with Crippen molar-refractivity contribution in [3.05, 3.63) is 30.3 Å². The van der Waals surface area contributed by atoms with Crippen LogP contribution in [0.25, 0.3) is 0 Å². The summed E-state index contributed by atoms with van der Waals surface area (Å²) in [6.07, 6.45) is 2.07. The molecule has 0 fully saturated rings. The molecule has 0 aromatic heterocycles. The summed E-state index contributed by atoms with van der Waals surface area (Å²) in [6.45, 7) is 0.259. The molecule has 1 atom stereocenters. The molecule has 1 rings (SSSR count). The summed E-state index contributed by atoms with van der Waals surface area (Å²) in [5, 5.41) is 8.12. The second-order valence-corrected chi connectivity index (χ2v) is 5.02. The van der Waals surface area contributed by atoms with Gasteiger partial charge in [-0.05, 0) is 12.1 Å². The van der Waals surface area contributed by atoms with Crippen molar-refractivity contribution in [2.24, 2.45) is 0 Å². The fourth-order valence-electron chi connectivity index (χ4n) is 1.03. The largest absolute Gasteiger partial charge is 0.706 e. The number of hydrogen-bond acceptors (Lipinski definition) is 3. The van der Waals surface area contributed by atoms with Crippen LogP contribution in [0.1, 0.15) is 0 Å². The molecule has 0 spiro atoms. The van der Waals surface area contributed by atoms with Gasteiger partial charge < -0.3 is 5.02 Å². The highest BCUT2D eigenvalue weighted by Crippen LogP contribution is 2.10. The van der Waals surface area contributed by atoms with Gasteiger partial charge in [0.25, 0.3) is 0 Å². The Morgan fingerprint density at radius 1 is 1.40 bits per heavy atom. The van der Waals surface area contributed by atoms with E-state index in [1.54, 1.807) is 0 Å². The lowest BCUT2D eigenvalue weighted by Crippen LogP contribution is -2.16. The minimum atomic E-state index is -2.36. The van der Waals surface area contributed by atoms with Gasteiger partial charge in [-0.25, -0.2) is 9.69 Å². The third-order valence-electron chi connectivity index (χ3n) is 1.77. The third kappa shape index (κ3) is 5.18. The summed E-state index contributed by atoms with van der Waals surface area (Å²) < 4.78 is 11.8. The highest BCUT2D eigenvalue weighted by Gasteiger charge is 2.17. The predicted molar refractivity (Wildman–Crippen MR) is 59.0 cm³/mol. The summed E-state index contributed by atoms with van der Waals surface area (Å²) in [5.41, 5.74) is 0. The number of benzene rings is 1. The van der Waals surface area contributed by atoms with Crippen LogP contribution in [-0.2, 0) is 20.6 Å². The minimum absolute atomic E-state index is 0.0428. The SMILES string of the molecule is C[S+](CCOOB(O)F)c1ccccc1. The first-order valence-electron chi connectivity index (χ1n) is 4.48. The van der Waals surface area contributed by atoms with E-state index >= 15 is 0 Å². The first kappa shape index (κ1) is 12.5. The van der Waals surface area contributed by atoms with Gasteiger partial charge in [0, 0.05) is 10.9 Å². The van der Waals surface area contributed by atoms with Gasteiger partial charge in [0.15, 0.2) is 4.90 Å². The lowest BCUT2D eigenvalue weighted by molar-refractivity contribution is -0.225. The maximum Gasteiger partial charge on any atom is 0.706 e. The zero-order valence-electron chi connectivity index (χ0n) is 8.43. The smallest absolute Gasteiger partial charge is 0.397 e. The molecule has 15 heavy (non-hydrogen) atoms. The highest BCUT2D eigenvalue weighted by molar-refractivity contribution is 7.96. The van der Waals surface area contributed by atoms with Crippen LogP contribution >= 0.6 is 0 Å². The van der Waals surface area contributed by atoms with Crippen LogP contribution in [0.2, 0.25) is 0 Å². The molecule has 0 saturated carbocycles. The van der Waals surface area contributed by atoms with E-state index in [1.165, 1.54) is 4.90 Å². The van der Waals surface area contributed by atoms with E-state index in [0.29, 0.717) is 0 Å². The maximum atomic E-state index is 11.8. The first-order chi connectivity index (χ1) is 7.20. The normalized spacial score (nSPS) is 12.5. The van der Waals surface area contributed by atoms with Crippen LogP contribution in [0.15, 0.2) is 35.2 Å². The minimum Gasteiger partial charge on any atom is -0.397 e. The molecule has 3 nitrogen and oxygen atoms in total. The van der Waals surface area contributed by atoms with E-state index in [-0.39, 0.29) is 17.5 Å². The zero-order valence-corrected chi connectivity index (χ0v) is 9.24. The number of hydrogen-bond donors (Lipinski definition) is 1. The highest BCUT2D eigenvalue weighted by atomic mass is 32.2. The monoisotopic (exact) mass is 231 g/mol. The Balaban J connectivity index is 2.22. The Morgan fingerprint density at radius 3 is 2.67 bits per heavy atom. The van der Waals surface area contributed by atoms with E-state index in [4.69, 9.17) is 5.02 Å². The summed E-state index contributed by atoms with van der Waals surface area (Å²) in [6, 6.07) is 9.98. The standard InChI is InChI=1S/C9H13BFO3S/c1-15(8-7-13-14-10(11)12)9-5-3-2-4-6-9/h2-6,12H,7-8H2,1H3/q+1. The number of rotatable bonds is 6. The average molecular weight is 231 g/mol. The number of halogens is 1. The molecule has 0 amide bonds. The molecule has 1 N–H and O–H groups in total. The predicted octanol–water partition coefficient (Wildman–Crippen LogP) is 1.19. The molecule has 0 aliphatic carbocycles. The van der Waals surface area contributed by atoms with Gasteiger partial charge in [0.1, 0.15) is 18.6 Å². The second-order valence-electron chi connectivity index (χ2n) is 2.86. The molecule has 0 bridgehead atoms. The summed E-state index contributed by atoms with van der Waals surface area (Å²) in [4.78, 5) is 9.61. The molecule has 1 aromatic rings. The molecule has 0 radical (unpaired) electrons. The van der Waals surface area contributed by atoms with E-state index in [9.17, 15) is 4.32 Å². The molecule has 6 heteroatoms. The van der Waals surface area contributed by atoms with Crippen LogP contribution in [0.4, 0.5) is 4.32 Å². The van der Waals surface area contributed by atoms with Gasteiger partial charge in [-0.2, -0.15) is 0 Å². The summed E-state index contributed by atoms with van der Waals surface area (Å²) >= 11 is 0. The molecular weight excluding hydrogens is 218 g/mol. The summed E-state index contributed by atoms with van der Waals surface area (Å²) in [7, 11) is -2.32. The molecule has 0 saturated heterocycles. The molecular formula is C9H13BFO3S+. The zero-order chi connectivity index (χ0) is 11.1. The van der Waals surface area contributed by atoms with Gasteiger partial charge in [-0.1, -0.05) is 18.2 Å². The van der Waals surface area contributed by atoms with E-state index < -0.39 is 7.40 Å². The van der Waals surface area contributed by atoms with Crippen molar-refractivity contribution >= 4 is 18.3 Å². The lowest BCUT2D eigenvalue weighted by atomic mass is 10.3. The van der Waals surface area contributed by atoms with Crippen LogP contribution in [-0.4, -0.2) is 31.0 Å². The first-order valence-corrected chi connectivity index (χ1v) is 6.28. The second kappa shape index (κ2) is 6.84. The Kier molecular flexibility index (Phi) is 5.71. The molecule has 82 valence electrons. The fourth-order valence-corrected chi connectivity index (χ4v) is 2.21. The van der Waals surface area contributed by atoms with Crippen molar-refractivity contribution in [1.82, 2.24) is 0 Å². The maximum absolute atomic E-state index is 11.8. The van der Waals surface area contributed by atoms with Crippen LogP contribution in [0.3, 0.4) is 0 Å². The lowest BCUT2D eigenvalue weighted by Gasteiger charge is -2.03. The van der Waals surface area contributed by atoms with Gasteiger partial charge in [0.2, 0.25) is 0 Å². The fraction of sp³-hybridized carbons (Fsp3) is 0.333. The molecule has 0 heterocycles. The van der Waals surface area contributed by atoms with E-state index in [2.05, 4.69) is 15.9 Å². The van der Waals surface area contributed by atoms with E-state index in [0.717, 1.165) is 5.75 Å². The van der Waals surface area contributed by atoms with Crippen molar-refractivity contribution < 1.29 is 19.0 Å². The van der Waals surface area contributed by atoms with Crippen LogP contribution in [0.5, 0.6) is 0 Å². The quantitative estimate of drug-likeness (QED) is 0.263. The van der Waals surface area contributed by atoms with Crippen molar-refractivity contribution in [3.63, 3.8) is 0 Å². The third-order valence-corrected chi connectivity index (χ3v) is 3.62. The Morgan fingerprint density at radius 2 is 2.07 bits per heavy atom. The van der Waals surface area contributed by atoms with Crippen molar-refractivity contribution in [2.45, 2.75) is 4.90 Å². The topological polar surface area (TPSA) is 38.7 Å². The van der Waals surface area contributed by atoms with Gasteiger partial charge in [-0.3, -0.25) is 4.32 Å². The Labute approximate surface area is 91.7 Å². The van der Waals surface area contributed by atoms with E-state index in [1.807, 2.05) is 30.3 Å². The van der Waals surface area contributed by atoms with Crippen molar-refractivity contribution in [2.75, 3.05) is 18.6 Å². The molecule has 1 aromatic carbocycles.